The van der Waals surface area contributed by atoms with Crippen LogP contribution in [-0.2, 0) is 4.74 Å². The molecule has 0 unspecified atom stereocenters. The maximum absolute atomic E-state index is 11.8. The zero-order valence-corrected chi connectivity index (χ0v) is 11.5. The summed E-state index contributed by atoms with van der Waals surface area (Å²) in [5.74, 6) is 0.424. The van der Waals surface area contributed by atoms with E-state index in [9.17, 15) is 4.79 Å². The highest BCUT2D eigenvalue weighted by Gasteiger charge is 2.09. The van der Waals surface area contributed by atoms with Crippen LogP contribution in [0.25, 0.3) is 22.3 Å². The molecular weight excluding hydrogens is 270 g/mol. The Morgan fingerprint density at radius 1 is 1.43 bits per heavy atom. The Labute approximate surface area is 120 Å². The van der Waals surface area contributed by atoms with Crippen molar-refractivity contribution >= 4 is 17.0 Å². The van der Waals surface area contributed by atoms with Crippen LogP contribution in [0.5, 0.6) is 0 Å². The molecule has 0 spiro atoms. The molecule has 3 heterocycles. The van der Waals surface area contributed by atoms with Gasteiger partial charge in [0, 0.05) is 43.1 Å². The van der Waals surface area contributed by atoms with Gasteiger partial charge in [0.15, 0.2) is 0 Å². The number of H-pyrrole nitrogens is 2. The standard InChI is InChI=1S/C14H15N5O2/c1-21-6-5-16-14-18-11(7-12(20)19-14)10-8-17-13-9(10)3-2-4-15-13/h2-4,7-8H,5-6H2,1H3,(H,15,17)(H2,16,18,19,20). The van der Waals surface area contributed by atoms with E-state index in [0.29, 0.717) is 24.8 Å². The predicted octanol–water partition coefficient (Wildman–Crippen LogP) is 1.37. The van der Waals surface area contributed by atoms with E-state index >= 15 is 0 Å². The first-order valence-electron chi connectivity index (χ1n) is 6.54. The third-order valence-corrected chi connectivity index (χ3v) is 3.07. The van der Waals surface area contributed by atoms with Crippen molar-refractivity contribution < 1.29 is 4.74 Å². The number of rotatable bonds is 5. The number of methoxy groups -OCH3 is 1. The van der Waals surface area contributed by atoms with Crippen molar-refractivity contribution in [2.45, 2.75) is 0 Å². The van der Waals surface area contributed by atoms with Crippen LogP contribution >= 0.6 is 0 Å². The van der Waals surface area contributed by atoms with E-state index in [1.807, 2.05) is 12.1 Å². The molecule has 3 rings (SSSR count). The lowest BCUT2D eigenvalue weighted by molar-refractivity contribution is 0.210. The van der Waals surface area contributed by atoms with E-state index < -0.39 is 0 Å². The molecule has 0 saturated heterocycles. The highest BCUT2D eigenvalue weighted by molar-refractivity contribution is 5.92. The summed E-state index contributed by atoms with van der Waals surface area (Å²) >= 11 is 0. The van der Waals surface area contributed by atoms with Gasteiger partial charge in [0.2, 0.25) is 5.95 Å². The summed E-state index contributed by atoms with van der Waals surface area (Å²) in [6.45, 7) is 1.10. The molecule has 3 N–H and O–H groups in total. The van der Waals surface area contributed by atoms with Crippen molar-refractivity contribution in [3.8, 4) is 11.3 Å². The Kier molecular flexibility index (Phi) is 3.65. The van der Waals surface area contributed by atoms with E-state index in [-0.39, 0.29) is 5.56 Å². The Bertz CT molecular complexity index is 808. The van der Waals surface area contributed by atoms with Crippen LogP contribution in [0.1, 0.15) is 0 Å². The second kappa shape index (κ2) is 5.76. The minimum absolute atomic E-state index is 0.210. The van der Waals surface area contributed by atoms with Crippen molar-refractivity contribution in [2.24, 2.45) is 0 Å². The molecular formula is C14H15N5O2. The van der Waals surface area contributed by atoms with Crippen molar-refractivity contribution in [2.75, 3.05) is 25.6 Å². The van der Waals surface area contributed by atoms with Crippen LogP contribution in [0.3, 0.4) is 0 Å². The SMILES string of the molecule is COCCNc1nc(-c2c[nH]c3ncccc23)cc(=O)[nH]1. The fourth-order valence-electron chi connectivity index (χ4n) is 2.12. The van der Waals surface area contributed by atoms with Gasteiger partial charge < -0.3 is 15.0 Å². The van der Waals surface area contributed by atoms with Gasteiger partial charge in [-0.05, 0) is 12.1 Å². The molecule has 0 fully saturated rings. The van der Waals surface area contributed by atoms with Gasteiger partial charge in [-0.15, -0.1) is 0 Å². The number of fused-ring (bicyclic) bond motifs is 1. The van der Waals surface area contributed by atoms with Gasteiger partial charge in [-0.3, -0.25) is 9.78 Å². The summed E-state index contributed by atoms with van der Waals surface area (Å²) < 4.78 is 4.96. The number of pyridine rings is 1. The molecule has 7 heteroatoms. The fraction of sp³-hybridized carbons (Fsp3) is 0.214. The molecule has 0 atom stereocenters. The summed E-state index contributed by atoms with van der Waals surface area (Å²) in [6, 6.07) is 5.26. The van der Waals surface area contributed by atoms with Crippen LogP contribution in [0, 0.1) is 0 Å². The third-order valence-electron chi connectivity index (χ3n) is 3.07. The summed E-state index contributed by atoms with van der Waals surface area (Å²) in [4.78, 5) is 26.2. The smallest absolute Gasteiger partial charge is 0.252 e. The quantitative estimate of drug-likeness (QED) is 0.615. The number of ether oxygens (including phenoxy) is 1. The van der Waals surface area contributed by atoms with Crippen LogP contribution in [0.2, 0.25) is 0 Å². The van der Waals surface area contributed by atoms with Crippen LogP contribution in [0.4, 0.5) is 5.95 Å². The number of hydrogen-bond donors (Lipinski definition) is 3. The Morgan fingerprint density at radius 2 is 2.33 bits per heavy atom. The first kappa shape index (κ1) is 13.3. The molecule has 0 aliphatic carbocycles. The molecule has 0 aliphatic heterocycles. The number of nitrogens with one attached hydrogen (secondary N) is 3. The minimum Gasteiger partial charge on any atom is -0.383 e. The molecule has 0 bridgehead atoms. The van der Waals surface area contributed by atoms with Crippen molar-refractivity contribution in [3.63, 3.8) is 0 Å². The van der Waals surface area contributed by atoms with Gasteiger partial charge >= 0.3 is 0 Å². The van der Waals surface area contributed by atoms with Crippen LogP contribution < -0.4 is 10.9 Å². The van der Waals surface area contributed by atoms with E-state index in [2.05, 4.69) is 25.3 Å². The van der Waals surface area contributed by atoms with E-state index in [1.165, 1.54) is 6.07 Å². The molecule has 0 saturated carbocycles. The zero-order valence-electron chi connectivity index (χ0n) is 11.5. The molecule has 21 heavy (non-hydrogen) atoms. The number of aromatic nitrogens is 4. The highest BCUT2D eigenvalue weighted by Crippen LogP contribution is 2.25. The Morgan fingerprint density at radius 3 is 3.19 bits per heavy atom. The van der Waals surface area contributed by atoms with Gasteiger partial charge in [-0.25, -0.2) is 9.97 Å². The first-order valence-corrected chi connectivity index (χ1v) is 6.54. The van der Waals surface area contributed by atoms with E-state index in [4.69, 9.17) is 4.74 Å². The molecule has 0 radical (unpaired) electrons. The molecule has 0 amide bonds. The first-order chi connectivity index (χ1) is 10.3. The number of anilines is 1. The lowest BCUT2D eigenvalue weighted by atomic mass is 10.1. The van der Waals surface area contributed by atoms with Gasteiger partial charge in [-0.1, -0.05) is 0 Å². The summed E-state index contributed by atoms with van der Waals surface area (Å²) in [5.41, 5.74) is 2.00. The van der Waals surface area contributed by atoms with Crippen molar-refractivity contribution in [1.29, 1.82) is 0 Å². The maximum atomic E-state index is 11.8. The summed E-state index contributed by atoms with van der Waals surface area (Å²) in [7, 11) is 1.62. The average Bonchev–Trinajstić information content (AvgIpc) is 2.91. The minimum atomic E-state index is -0.210. The molecule has 108 valence electrons. The van der Waals surface area contributed by atoms with Gasteiger partial charge in [0.1, 0.15) is 5.65 Å². The third kappa shape index (κ3) is 2.77. The number of aromatic amines is 2. The monoisotopic (exact) mass is 285 g/mol. The van der Waals surface area contributed by atoms with Crippen LogP contribution in [-0.4, -0.2) is 40.2 Å². The second-order valence-electron chi connectivity index (χ2n) is 4.50. The molecule has 0 aromatic carbocycles. The zero-order chi connectivity index (χ0) is 14.7. The predicted molar refractivity (Wildman–Crippen MR) is 80.3 cm³/mol. The maximum Gasteiger partial charge on any atom is 0.252 e. The highest BCUT2D eigenvalue weighted by atomic mass is 16.5. The van der Waals surface area contributed by atoms with Gasteiger partial charge in [0.25, 0.3) is 5.56 Å². The number of nitrogens with zero attached hydrogens (tertiary/aromatic N) is 2. The summed E-state index contributed by atoms with van der Waals surface area (Å²) in [5, 5.41) is 3.95. The van der Waals surface area contributed by atoms with Crippen molar-refractivity contribution in [1.82, 2.24) is 19.9 Å². The van der Waals surface area contributed by atoms with E-state index in [0.717, 1.165) is 16.6 Å². The lowest BCUT2D eigenvalue weighted by Gasteiger charge is -2.06. The Balaban J connectivity index is 2.00. The Hall–Kier alpha value is -2.67. The normalized spacial score (nSPS) is 10.9. The lowest BCUT2D eigenvalue weighted by Crippen LogP contribution is -2.15. The van der Waals surface area contributed by atoms with Crippen molar-refractivity contribution in [3.05, 3.63) is 40.9 Å². The summed E-state index contributed by atoms with van der Waals surface area (Å²) in [6.07, 6.45) is 3.52. The topological polar surface area (TPSA) is 95.7 Å². The average molecular weight is 285 g/mol. The van der Waals surface area contributed by atoms with E-state index in [1.54, 1.807) is 19.5 Å². The van der Waals surface area contributed by atoms with Gasteiger partial charge in [0.05, 0.1) is 12.3 Å². The fourth-order valence-corrected chi connectivity index (χ4v) is 2.12. The second-order valence-corrected chi connectivity index (χ2v) is 4.50. The van der Waals surface area contributed by atoms with Crippen LogP contribution in [0.15, 0.2) is 35.4 Å². The largest absolute Gasteiger partial charge is 0.383 e. The molecule has 3 aromatic rings. The molecule has 7 nitrogen and oxygen atoms in total. The number of hydrogen-bond acceptors (Lipinski definition) is 5. The van der Waals surface area contributed by atoms with Gasteiger partial charge in [-0.2, -0.15) is 0 Å². The molecule has 3 aromatic heterocycles. The molecule has 0 aliphatic rings.